The zero-order valence-corrected chi connectivity index (χ0v) is 14.3. The first-order valence-electron chi connectivity index (χ1n) is 5.38. The fourth-order valence-corrected chi connectivity index (χ4v) is 5.42. The molecular weight excluding hydrogens is 360 g/mol. The van der Waals surface area contributed by atoms with Crippen LogP contribution in [0.25, 0.3) is 0 Å². The van der Waals surface area contributed by atoms with Gasteiger partial charge < -0.3 is 5.73 Å². The summed E-state index contributed by atoms with van der Waals surface area (Å²) in [5, 5.41) is 1.74. The normalized spacial score (nSPS) is 12.2. The molecule has 0 spiro atoms. The van der Waals surface area contributed by atoms with E-state index in [0.717, 1.165) is 0 Å². The standard InChI is InChI=1S/C10H17BrN2O2S2.ClH/c1-3-10(4-2,7-12)13-17(14,15)9-8(11)5-6-16-9;/h5-6,13H,3-4,7,12H2,1-2H3;1H. The molecule has 18 heavy (non-hydrogen) atoms. The summed E-state index contributed by atoms with van der Waals surface area (Å²) in [7, 11) is -3.50. The lowest BCUT2D eigenvalue weighted by atomic mass is 9.95. The van der Waals surface area contributed by atoms with Crippen LogP contribution >= 0.6 is 39.7 Å². The number of halogens is 2. The summed E-state index contributed by atoms with van der Waals surface area (Å²) in [5.74, 6) is 0. The second-order valence-corrected chi connectivity index (χ2v) is 7.50. The van der Waals surface area contributed by atoms with Crippen molar-refractivity contribution in [2.45, 2.75) is 36.4 Å². The van der Waals surface area contributed by atoms with Gasteiger partial charge in [-0.25, -0.2) is 13.1 Å². The second-order valence-electron chi connectivity index (χ2n) is 3.85. The van der Waals surface area contributed by atoms with Crippen LogP contribution < -0.4 is 10.5 Å². The maximum Gasteiger partial charge on any atom is 0.251 e. The molecule has 0 aliphatic rings. The number of nitrogens with two attached hydrogens (primary N) is 1. The molecule has 0 fully saturated rings. The van der Waals surface area contributed by atoms with E-state index in [2.05, 4.69) is 20.7 Å². The van der Waals surface area contributed by atoms with Gasteiger partial charge in [-0.05, 0) is 40.2 Å². The summed E-state index contributed by atoms with van der Waals surface area (Å²) < 4.78 is 28.1. The van der Waals surface area contributed by atoms with E-state index in [0.29, 0.717) is 28.1 Å². The Morgan fingerprint density at radius 2 is 2.00 bits per heavy atom. The average Bonchev–Trinajstić information content (AvgIpc) is 2.73. The van der Waals surface area contributed by atoms with Gasteiger partial charge in [-0.2, -0.15) is 0 Å². The highest BCUT2D eigenvalue weighted by molar-refractivity contribution is 9.10. The van der Waals surface area contributed by atoms with Gasteiger partial charge in [-0.1, -0.05) is 13.8 Å². The molecule has 0 unspecified atom stereocenters. The maximum atomic E-state index is 12.2. The van der Waals surface area contributed by atoms with Gasteiger partial charge >= 0.3 is 0 Å². The van der Waals surface area contributed by atoms with Crippen LogP contribution in [0.3, 0.4) is 0 Å². The average molecular weight is 378 g/mol. The van der Waals surface area contributed by atoms with E-state index in [1.165, 1.54) is 11.3 Å². The van der Waals surface area contributed by atoms with Crippen LogP contribution in [0.4, 0.5) is 0 Å². The van der Waals surface area contributed by atoms with Gasteiger partial charge in [0.25, 0.3) is 10.0 Å². The summed E-state index contributed by atoms with van der Waals surface area (Å²) in [6, 6.07) is 1.72. The molecule has 3 N–H and O–H groups in total. The van der Waals surface area contributed by atoms with Crippen molar-refractivity contribution in [2.24, 2.45) is 5.73 Å². The Morgan fingerprint density at radius 1 is 1.44 bits per heavy atom. The number of nitrogens with one attached hydrogen (secondary N) is 1. The minimum absolute atomic E-state index is 0. The lowest BCUT2D eigenvalue weighted by Gasteiger charge is -2.30. The molecular formula is C10H18BrClN2O2S2. The third-order valence-corrected chi connectivity index (χ3v) is 7.17. The fraction of sp³-hybridized carbons (Fsp3) is 0.600. The molecule has 1 aromatic rings. The SMILES string of the molecule is CCC(CC)(CN)NS(=O)(=O)c1sccc1Br.Cl. The van der Waals surface area contributed by atoms with Crippen LogP contribution in [-0.4, -0.2) is 20.5 Å². The van der Waals surface area contributed by atoms with Crippen LogP contribution in [0.2, 0.25) is 0 Å². The first kappa shape index (κ1) is 18.3. The fourth-order valence-electron chi connectivity index (χ4n) is 1.53. The van der Waals surface area contributed by atoms with Crippen molar-refractivity contribution in [1.82, 2.24) is 4.72 Å². The molecule has 0 aromatic carbocycles. The molecule has 0 atom stereocenters. The highest BCUT2D eigenvalue weighted by Gasteiger charge is 2.32. The monoisotopic (exact) mass is 376 g/mol. The molecule has 8 heteroatoms. The van der Waals surface area contributed by atoms with E-state index in [1.807, 2.05) is 13.8 Å². The van der Waals surface area contributed by atoms with Gasteiger partial charge in [-0.3, -0.25) is 0 Å². The Labute approximate surface area is 127 Å². The third-order valence-electron chi connectivity index (χ3n) is 2.92. The highest BCUT2D eigenvalue weighted by Crippen LogP contribution is 2.29. The van der Waals surface area contributed by atoms with Crippen LogP contribution in [0.1, 0.15) is 26.7 Å². The Balaban J connectivity index is 0.00000289. The Morgan fingerprint density at radius 3 is 2.33 bits per heavy atom. The van der Waals surface area contributed by atoms with Gasteiger partial charge in [0.2, 0.25) is 0 Å². The van der Waals surface area contributed by atoms with Crippen molar-refractivity contribution < 1.29 is 8.42 Å². The van der Waals surface area contributed by atoms with E-state index in [4.69, 9.17) is 5.73 Å². The van der Waals surface area contributed by atoms with Gasteiger partial charge in [0.15, 0.2) is 0 Å². The molecule has 0 amide bonds. The second kappa shape index (κ2) is 7.21. The lowest BCUT2D eigenvalue weighted by Crippen LogP contribution is -2.52. The molecule has 1 rings (SSSR count). The van der Waals surface area contributed by atoms with Crippen LogP contribution in [0.5, 0.6) is 0 Å². The van der Waals surface area contributed by atoms with E-state index in [9.17, 15) is 8.42 Å². The number of rotatable bonds is 6. The van der Waals surface area contributed by atoms with E-state index < -0.39 is 15.6 Å². The number of hydrogen-bond acceptors (Lipinski definition) is 4. The Kier molecular flexibility index (Phi) is 7.35. The molecule has 1 heterocycles. The van der Waals surface area contributed by atoms with Crippen molar-refractivity contribution >= 4 is 49.7 Å². The number of thiophene rings is 1. The van der Waals surface area contributed by atoms with Crippen LogP contribution in [-0.2, 0) is 10.0 Å². The summed E-state index contributed by atoms with van der Waals surface area (Å²) in [5.41, 5.74) is 5.14. The Bertz CT molecular complexity index is 464. The van der Waals surface area contributed by atoms with Crippen molar-refractivity contribution in [3.8, 4) is 0 Å². The minimum atomic E-state index is -3.50. The van der Waals surface area contributed by atoms with Crippen molar-refractivity contribution in [3.05, 3.63) is 15.9 Å². The van der Waals surface area contributed by atoms with Gasteiger partial charge in [-0.15, -0.1) is 23.7 Å². The van der Waals surface area contributed by atoms with Gasteiger partial charge in [0.1, 0.15) is 4.21 Å². The number of hydrogen-bond donors (Lipinski definition) is 2. The van der Waals surface area contributed by atoms with E-state index in [1.54, 1.807) is 11.4 Å². The van der Waals surface area contributed by atoms with Crippen LogP contribution in [0, 0.1) is 0 Å². The zero-order chi connectivity index (χ0) is 13.1. The topological polar surface area (TPSA) is 72.2 Å². The molecule has 106 valence electrons. The van der Waals surface area contributed by atoms with Gasteiger partial charge in [0.05, 0.1) is 0 Å². The molecule has 0 bridgehead atoms. The maximum absolute atomic E-state index is 12.2. The van der Waals surface area contributed by atoms with Crippen LogP contribution in [0.15, 0.2) is 20.1 Å². The summed E-state index contributed by atoms with van der Waals surface area (Å²) >= 11 is 4.43. The van der Waals surface area contributed by atoms with Crippen molar-refractivity contribution in [2.75, 3.05) is 6.54 Å². The zero-order valence-electron chi connectivity index (χ0n) is 10.3. The molecule has 0 saturated heterocycles. The molecule has 4 nitrogen and oxygen atoms in total. The first-order chi connectivity index (χ1) is 7.90. The molecule has 0 radical (unpaired) electrons. The predicted molar refractivity (Wildman–Crippen MR) is 82.0 cm³/mol. The molecule has 1 aromatic heterocycles. The first-order valence-corrected chi connectivity index (χ1v) is 8.53. The smallest absolute Gasteiger partial charge is 0.251 e. The van der Waals surface area contributed by atoms with E-state index in [-0.39, 0.29) is 12.4 Å². The number of sulfonamides is 1. The summed E-state index contributed by atoms with van der Waals surface area (Å²) in [6.07, 6.45) is 1.34. The molecule has 0 aliphatic carbocycles. The summed E-state index contributed by atoms with van der Waals surface area (Å²) in [6.45, 7) is 4.16. The minimum Gasteiger partial charge on any atom is -0.329 e. The van der Waals surface area contributed by atoms with Crippen molar-refractivity contribution in [3.63, 3.8) is 0 Å². The Hall–Kier alpha value is 0.340. The third kappa shape index (κ3) is 3.91. The summed E-state index contributed by atoms with van der Waals surface area (Å²) in [4.78, 5) is 0. The predicted octanol–water partition coefficient (Wildman–Crippen LogP) is 2.73. The highest BCUT2D eigenvalue weighted by atomic mass is 79.9. The quantitative estimate of drug-likeness (QED) is 0.800. The van der Waals surface area contributed by atoms with Gasteiger partial charge in [0, 0.05) is 16.6 Å². The molecule has 0 aliphatic heterocycles. The largest absolute Gasteiger partial charge is 0.329 e. The van der Waals surface area contributed by atoms with Crippen molar-refractivity contribution in [1.29, 1.82) is 0 Å². The lowest BCUT2D eigenvalue weighted by molar-refractivity contribution is 0.363. The molecule has 0 saturated carbocycles. The van der Waals surface area contributed by atoms with E-state index >= 15 is 0 Å².